The lowest BCUT2D eigenvalue weighted by Crippen LogP contribution is -2.29. The second kappa shape index (κ2) is 6.20. The van der Waals surface area contributed by atoms with E-state index in [-0.39, 0.29) is 13.3 Å². The maximum absolute atomic E-state index is 11.3. The highest BCUT2D eigenvalue weighted by atomic mass is 16.1. The third-order valence-electron chi connectivity index (χ3n) is 1.85. The molecule has 1 unspecified atom stereocenters. The van der Waals surface area contributed by atoms with E-state index in [2.05, 4.69) is 19.2 Å². The number of hydrogen-bond donors (Lipinski definition) is 1. The summed E-state index contributed by atoms with van der Waals surface area (Å²) in [5, 5.41) is 2.84. The average Bonchev–Trinajstić information content (AvgIpc) is 2.00. The number of amides is 1. The van der Waals surface area contributed by atoms with Crippen LogP contribution in [-0.4, -0.2) is 12.5 Å². The molecule has 0 heterocycles. The predicted octanol–water partition coefficient (Wildman–Crippen LogP) is 2.19. The van der Waals surface area contributed by atoms with Gasteiger partial charge in [0.25, 0.3) is 0 Å². The molecule has 0 saturated carbocycles. The predicted molar refractivity (Wildman–Crippen MR) is 49.5 cm³/mol. The summed E-state index contributed by atoms with van der Waals surface area (Å²) in [6.45, 7) is 6.88. The zero-order valence-corrected chi connectivity index (χ0v) is 7.81. The highest BCUT2D eigenvalue weighted by Crippen LogP contribution is 2.09. The van der Waals surface area contributed by atoms with Gasteiger partial charge in [0, 0.05) is 13.9 Å². The monoisotopic (exact) mass is 159 g/mol. The van der Waals surface area contributed by atoms with Crippen LogP contribution in [-0.2, 0) is 4.79 Å². The van der Waals surface area contributed by atoms with Crippen LogP contribution in [0.4, 0.5) is 0 Å². The maximum Gasteiger partial charge on any atom is 0.223 e. The molecule has 0 aliphatic rings. The van der Waals surface area contributed by atoms with Crippen LogP contribution in [0.3, 0.4) is 0 Å². The average molecular weight is 159 g/mol. The topological polar surface area (TPSA) is 29.1 Å². The largest absolute Gasteiger partial charge is 0.356 e. The first-order valence-corrected chi connectivity index (χ1v) is 4.53. The van der Waals surface area contributed by atoms with E-state index in [1.165, 1.54) is 0 Å². The van der Waals surface area contributed by atoms with Gasteiger partial charge in [0.15, 0.2) is 0 Å². The molecule has 0 saturated heterocycles. The van der Waals surface area contributed by atoms with E-state index >= 15 is 0 Å². The van der Waals surface area contributed by atoms with E-state index < -0.39 is 0 Å². The molecular weight excluding hydrogens is 138 g/mol. The maximum atomic E-state index is 11.3. The Morgan fingerprint density at radius 2 is 2.09 bits per heavy atom. The van der Waals surface area contributed by atoms with E-state index in [0.717, 1.165) is 25.8 Å². The minimum Gasteiger partial charge on any atom is -0.356 e. The number of carbonyl (C=O) groups excluding carboxylic acids is 1. The SMILES string of the molecule is CCCC(CC)C(=O)NCC.[HH]. The van der Waals surface area contributed by atoms with Gasteiger partial charge in [-0.3, -0.25) is 4.79 Å². The van der Waals surface area contributed by atoms with Crippen molar-refractivity contribution in [2.75, 3.05) is 6.54 Å². The Morgan fingerprint density at radius 1 is 1.45 bits per heavy atom. The van der Waals surface area contributed by atoms with E-state index in [9.17, 15) is 4.79 Å². The number of rotatable bonds is 5. The van der Waals surface area contributed by atoms with Gasteiger partial charge in [0.2, 0.25) is 5.91 Å². The lowest BCUT2D eigenvalue weighted by molar-refractivity contribution is -0.125. The van der Waals surface area contributed by atoms with E-state index in [1.54, 1.807) is 0 Å². The van der Waals surface area contributed by atoms with Crippen LogP contribution >= 0.6 is 0 Å². The first-order chi connectivity index (χ1) is 5.26. The summed E-state index contributed by atoms with van der Waals surface area (Å²) >= 11 is 0. The quantitative estimate of drug-likeness (QED) is 0.654. The molecule has 2 heteroatoms. The zero-order chi connectivity index (χ0) is 8.69. The molecule has 0 aromatic carbocycles. The van der Waals surface area contributed by atoms with E-state index in [1.807, 2.05) is 6.92 Å². The standard InChI is InChI=1S/C9H19NO.H2/c1-4-7-8(5-2)9(11)10-6-3;/h8H,4-7H2,1-3H3,(H,10,11);1H. The number of carbonyl (C=O) groups is 1. The van der Waals surface area contributed by atoms with Crippen molar-refractivity contribution >= 4 is 5.91 Å². The zero-order valence-electron chi connectivity index (χ0n) is 7.81. The Labute approximate surface area is 70.9 Å². The van der Waals surface area contributed by atoms with Crippen LogP contribution in [0.25, 0.3) is 0 Å². The van der Waals surface area contributed by atoms with Crippen molar-refractivity contribution in [2.45, 2.75) is 40.0 Å². The van der Waals surface area contributed by atoms with Crippen molar-refractivity contribution < 1.29 is 6.22 Å². The van der Waals surface area contributed by atoms with Crippen molar-refractivity contribution in [3.63, 3.8) is 0 Å². The van der Waals surface area contributed by atoms with Crippen molar-refractivity contribution in [3.8, 4) is 0 Å². The molecule has 11 heavy (non-hydrogen) atoms. The molecule has 0 bridgehead atoms. The molecular formula is C9H21NO. The normalized spacial score (nSPS) is 12.6. The summed E-state index contributed by atoms with van der Waals surface area (Å²) in [4.78, 5) is 11.3. The van der Waals surface area contributed by atoms with Crippen molar-refractivity contribution in [2.24, 2.45) is 5.92 Å². The van der Waals surface area contributed by atoms with Crippen LogP contribution in [0.15, 0.2) is 0 Å². The second-order valence-electron chi connectivity index (χ2n) is 2.79. The van der Waals surface area contributed by atoms with Gasteiger partial charge < -0.3 is 5.32 Å². The highest BCUT2D eigenvalue weighted by Gasteiger charge is 2.13. The van der Waals surface area contributed by atoms with Crippen molar-refractivity contribution in [1.82, 2.24) is 5.32 Å². The van der Waals surface area contributed by atoms with E-state index in [4.69, 9.17) is 0 Å². The van der Waals surface area contributed by atoms with Crippen LogP contribution in [0.5, 0.6) is 0 Å². The molecule has 2 nitrogen and oxygen atoms in total. The summed E-state index contributed by atoms with van der Waals surface area (Å²) in [5.41, 5.74) is 0. The van der Waals surface area contributed by atoms with E-state index in [0.29, 0.717) is 0 Å². The van der Waals surface area contributed by atoms with Gasteiger partial charge in [0.05, 0.1) is 0 Å². The minimum absolute atomic E-state index is 0. The van der Waals surface area contributed by atoms with Crippen LogP contribution in [0, 0.1) is 5.92 Å². The lowest BCUT2D eigenvalue weighted by Gasteiger charge is -2.12. The van der Waals surface area contributed by atoms with Crippen LogP contribution in [0.2, 0.25) is 0 Å². The molecule has 0 radical (unpaired) electrons. The summed E-state index contributed by atoms with van der Waals surface area (Å²) in [6.07, 6.45) is 3.07. The summed E-state index contributed by atoms with van der Waals surface area (Å²) in [7, 11) is 0. The fourth-order valence-corrected chi connectivity index (χ4v) is 1.19. The van der Waals surface area contributed by atoms with Gasteiger partial charge in [-0.15, -0.1) is 0 Å². The molecule has 1 N–H and O–H groups in total. The molecule has 0 aromatic heterocycles. The molecule has 0 rings (SSSR count). The smallest absolute Gasteiger partial charge is 0.223 e. The Morgan fingerprint density at radius 3 is 2.45 bits per heavy atom. The fourth-order valence-electron chi connectivity index (χ4n) is 1.19. The Kier molecular flexibility index (Phi) is 5.90. The second-order valence-corrected chi connectivity index (χ2v) is 2.79. The molecule has 1 atom stereocenters. The first kappa shape index (κ1) is 10.5. The first-order valence-electron chi connectivity index (χ1n) is 4.53. The number of hydrogen-bond acceptors (Lipinski definition) is 1. The Bertz CT molecular complexity index is 117. The molecule has 0 aromatic rings. The third kappa shape index (κ3) is 4.02. The molecule has 1 amide bonds. The molecule has 0 fully saturated rings. The van der Waals surface area contributed by atoms with Gasteiger partial charge in [-0.25, -0.2) is 0 Å². The molecule has 0 spiro atoms. The summed E-state index contributed by atoms with van der Waals surface area (Å²) < 4.78 is 0. The molecule has 68 valence electrons. The van der Waals surface area contributed by atoms with Gasteiger partial charge in [-0.05, 0) is 19.8 Å². The summed E-state index contributed by atoms with van der Waals surface area (Å²) in [6, 6.07) is 0. The van der Waals surface area contributed by atoms with Gasteiger partial charge in [-0.2, -0.15) is 0 Å². The lowest BCUT2D eigenvalue weighted by atomic mass is 10.00. The number of nitrogens with one attached hydrogen (secondary N) is 1. The third-order valence-corrected chi connectivity index (χ3v) is 1.85. The van der Waals surface area contributed by atoms with Gasteiger partial charge >= 0.3 is 0 Å². The minimum atomic E-state index is 0. The van der Waals surface area contributed by atoms with Crippen molar-refractivity contribution in [3.05, 3.63) is 0 Å². The Hall–Kier alpha value is -0.530. The molecule has 0 aliphatic carbocycles. The fraction of sp³-hybridized carbons (Fsp3) is 0.889. The highest BCUT2D eigenvalue weighted by molar-refractivity contribution is 5.78. The van der Waals surface area contributed by atoms with Crippen LogP contribution in [0.1, 0.15) is 41.5 Å². The Balaban J connectivity index is 0. The molecule has 0 aliphatic heterocycles. The van der Waals surface area contributed by atoms with Gasteiger partial charge in [0.1, 0.15) is 0 Å². The van der Waals surface area contributed by atoms with Crippen molar-refractivity contribution in [1.29, 1.82) is 0 Å². The van der Waals surface area contributed by atoms with Gasteiger partial charge in [-0.1, -0.05) is 20.3 Å². The van der Waals surface area contributed by atoms with Crippen LogP contribution < -0.4 is 5.32 Å². The summed E-state index contributed by atoms with van der Waals surface area (Å²) in [5.74, 6) is 0.455.